The summed E-state index contributed by atoms with van der Waals surface area (Å²) < 4.78 is 8.14. The molecule has 0 bridgehead atoms. The highest BCUT2D eigenvalue weighted by atomic mass is 16.5. The number of rotatable bonds is 6. The van der Waals surface area contributed by atoms with Crippen molar-refractivity contribution in [3.05, 3.63) is 77.3 Å². The minimum atomic E-state index is 0.375. The number of hydrogen-bond donors (Lipinski definition) is 1. The SMILES string of the molecule is C/C=C(/OCc1nnc2ccc(C3=CCNCC3)cn12)c1ccc(CC)cc1. The van der Waals surface area contributed by atoms with Crippen molar-refractivity contribution in [3.63, 3.8) is 0 Å². The van der Waals surface area contributed by atoms with Gasteiger partial charge >= 0.3 is 0 Å². The Labute approximate surface area is 165 Å². The van der Waals surface area contributed by atoms with Gasteiger partial charge in [-0.3, -0.25) is 4.40 Å². The maximum absolute atomic E-state index is 6.10. The van der Waals surface area contributed by atoms with Gasteiger partial charge in [0.05, 0.1) is 0 Å². The summed E-state index contributed by atoms with van der Waals surface area (Å²) in [7, 11) is 0. The molecule has 3 aromatic rings. The van der Waals surface area contributed by atoms with Crippen molar-refractivity contribution in [1.82, 2.24) is 19.9 Å². The molecule has 144 valence electrons. The lowest BCUT2D eigenvalue weighted by Gasteiger charge is -2.14. The molecule has 2 aromatic heterocycles. The molecule has 0 saturated heterocycles. The third-order valence-corrected chi connectivity index (χ3v) is 5.17. The second kappa shape index (κ2) is 8.40. The van der Waals surface area contributed by atoms with Gasteiger partial charge < -0.3 is 10.1 Å². The molecular formula is C23H26N4O. The standard InChI is InChI=1S/C23H26N4O/c1-3-17-5-7-19(8-6-17)21(4-2)28-16-23-26-25-22-10-9-20(15-27(22)23)18-11-13-24-14-12-18/h4-11,15,24H,3,12-14,16H2,1-2H3/b21-4+. The predicted octanol–water partition coefficient (Wildman–Crippen LogP) is 4.25. The Morgan fingerprint density at radius 1 is 1.18 bits per heavy atom. The molecule has 1 aromatic carbocycles. The van der Waals surface area contributed by atoms with E-state index in [0.717, 1.165) is 48.7 Å². The number of hydrogen-bond acceptors (Lipinski definition) is 4. The van der Waals surface area contributed by atoms with Crippen LogP contribution in [0.5, 0.6) is 0 Å². The van der Waals surface area contributed by atoms with E-state index in [1.54, 1.807) is 0 Å². The van der Waals surface area contributed by atoms with Crippen molar-refractivity contribution in [2.24, 2.45) is 0 Å². The van der Waals surface area contributed by atoms with Crippen LogP contribution in [0.15, 0.2) is 54.7 Å². The zero-order chi connectivity index (χ0) is 19.3. The number of allylic oxidation sites excluding steroid dienone is 1. The largest absolute Gasteiger partial charge is 0.485 e. The number of nitrogens with zero attached hydrogens (tertiary/aromatic N) is 3. The van der Waals surface area contributed by atoms with Gasteiger partial charge in [-0.25, -0.2) is 0 Å². The third-order valence-electron chi connectivity index (χ3n) is 5.17. The first-order valence-corrected chi connectivity index (χ1v) is 9.90. The van der Waals surface area contributed by atoms with Gasteiger partial charge in [0.1, 0.15) is 12.4 Å². The van der Waals surface area contributed by atoms with E-state index < -0.39 is 0 Å². The summed E-state index contributed by atoms with van der Waals surface area (Å²) in [5.74, 6) is 1.66. The summed E-state index contributed by atoms with van der Waals surface area (Å²) in [4.78, 5) is 0. The fourth-order valence-corrected chi connectivity index (χ4v) is 3.49. The molecular weight excluding hydrogens is 348 g/mol. The molecule has 1 aliphatic heterocycles. The van der Waals surface area contributed by atoms with Gasteiger partial charge in [0, 0.05) is 18.3 Å². The molecule has 1 N–H and O–H groups in total. The third kappa shape index (κ3) is 3.85. The maximum atomic E-state index is 6.10. The average molecular weight is 374 g/mol. The first-order chi connectivity index (χ1) is 13.8. The summed E-state index contributed by atoms with van der Waals surface area (Å²) in [6.07, 6.45) is 8.44. The number of nitrogens with one attached hydrogen (secondary N) is 1. The molecule has 0 saturated carbocycles. The topological polar surface area (TPSA) is 51.5 Å². The number of aryl methyl sites for hydroxylation is 1. The minimum absolute atomic E-state index is 0.375. The van der Waals surface area contributed by atoms with Crippen molar-refractivity contribution in [1.29, 1.82) is 0 Å². The zero-order valence-electron chi connectivity index (χ0n) is 16.5. The Hall–Kier alpha value is -2.92. The van der Waals surface area contributed by atoms with Crippen LogP contribution in [0.3, 0.4) is 0 Å². The number of fused-ring (bicyclic) bond motifs is 1. The van der Waals surface area contributed by atoms with Gasteiger partial charge in [-0.05, 0) is 61.2 Å². The molecule has 4 rings (SSSR count). The Morgan fingerprint density at radius 2 is 2.04 bits per heavy atom. The predicted molar refractivity (Wildman–Crippen MR) is 113 cm³/mol. The second-order valence-corrected chi connectivity index (χ2v) is 6.94. The average Bonchev–Trinajstić information content (AvgIpc) is 3.17. The van der Waals surface area contributed by atoms with Crippen LogP contribution in [-0.4, -0.2) is 27.7 Å². The van der Waals surface area contributed by atoms with Crippen LogP contribution >= 0.6 is 0 Å². The number of ether oxygens (including phenoxy) is 1. The minimum Gasteiger partial charge on any atom is -0.485 e. The van der Waals surface area contributed by atoms with Crippen LogP contribution in [0.4, 0.5) is 0 Å². The molecule has 5 nitrogen and oxygen atoms in total. The first-order valence-electron chi connectivity index (χ1n) is 9.90. The molecule has 0 spiro atoms. The molecule has 5 heteroatoms. The molecule has 0 atom stereocenters. The Morgan fingerprint density at radius 3 is 2.75 bits per heavy atom. The summed E-state index contributed by atoms with van der Waals surface area (Å²) in [5.41, 5.74) is 5.82. The van der Waals surface area contributed by atoms with Gasteiger partial charge in [-0.2, -0.15) is 0 Å². The number of benzene rings is 1. The number of aromatic nitrogens is 3. The summed E-state index contributed by atoms with van der Waals surface area (Å²) in [6.45, 7) is 6.47. The summed E-state index contributed by atoms with van der Waals surface area (Å²) >= 11 is 0. The Kier molecular flexibility index (Phi) is 5.53. The van der Waals surface area contributed by atoms with Gasteiger partial charge in [-0.1, -0.05) is 37.3 Å². The van der Waals surface area contributed by atoms with Crippen molar-refractivity contribution < 1.29 is 4.74 Å². The van der Waals surface area contributed by atoms with E-state index in [0.29, 0.717) is 6.61 Å². The summed E-state index contributed by atoms with van der Waals surface area (Å²) in [5, 5.41) is 12.0. The lowest BCUT2D eigenvalue weighted by molar-refractivity contribution is 0.253. The smallest absolute Gasteiger partial charge is 0.175 e. The van der Waals surface area contributed by atoms with Gasteiger partial charge in [0.15, 0.2) is 11.5 Å². The Balaban J connectivity index is 1.54. The van der Waals surface area contributed by atoms with Crippen LogP contribution in [0.2, 0.25) is 0 Å². The molecule has 0 radical (unpaired) electrons. The lowest BCUT2D eigenvalue weighted by atomic mass is 10.0. The molecule has 0 amide bonds. The lowest BCUT2D eigenvalue weighted by Crippen LogP contribution is -2.20. The molecule has 0 fully saturated rings. The van der Waals surface area contributed by atoms with E-state index in [4.69, 9.17) is 4.74 Å². The van der Waals surface area contributed by atoms with Crippen LogP contribution in [-0.2, 0) is 17.8 Å². The van der Waals surface area contributed by atoms with Gasteiger partial charge in [-0.15, -0.1) is 10.2 Å². The fraction of sp³-hybridized carbons (Fsp3) is 0.304. The highest BCUT2D eigenvalue weighted by molar-refractivity contribution is 5.67. The fourth-order valence-electron chi connectivity index (χ4n) is 3.49. The van der Waals surface area contributed by atoms with Crippen molar-refractivity contribution in [2.45, 2.75) is 33.3 Å². The maximum Gasteiger partial charge on any atom is 0.175 e. The molecule has 0 aliphatic carbocycles. The summed E-state index contributed by atoms with van der Waals surface area (Å²) in [6, 6.07) is 12.7. The first kappa shape index (κ1) is 18.4. The molecule has 0 unspecified atom stereocenters. The van der Waals surface area contributed by atoms with Crippen LogP contribution in [0.25, 0.3) is 17.0 Å². The van der Waals surface area contributed by atoms with E-state index in [-0.39, 0.29) is 0 Å². The van der Waals surface area contributed by atoms with Crippen LogP contribution in [0.1, 0.15) is 42.8 Å². The van der Waals surface area contributed by atoms with Crippen LogP contribution < -0.4 is 5.32 Å². The molecule has 28 heavy (non-hydrogen) atoms. The zero-order valence-corrected chi connectivity index (χ0v) is 16.5. The van der Waals surface area contributed by atoms with Crippen molar-refractivity contribution in [3.8, 4) is 0 Å². The Bertz CT molecular complexity index is 1010. The number of pyridine rings is 1. The van der Waals surface area contributed by atoms with Crippen LogP contribution in [0, 0.1) is 0 Å². The van der Waals surface area contributed by atoms with E-state index in [2.05, 4.69) is 65.0 Å². The van der Waals surface area contributed by atoms with Gasteiger partial charge in [0.2, 0.25) is 0 Å². The van der Waals surface area contributed by atoms with E-state index in [9.17, 15) is 0 Å². The van der Waals surface area contributed by atoms with Crippen molar-refractivity contribution in [2.75, 3.05) is 13.1 Å². The molecule has 3 heterocycles. The van der Waals surface area contributed by atoms with E-state index >= 15 is 0 Å². The monoisotopic (exact) mass is 374 g/mol. The van der Waals surface area contributed by atoms with E-state index in [1.807, 2.05) is 23.5 Å². The quantitative estimate of drug-likeness (QED) is 0.656. The molecule has 1 aliphatic rings. The normalized spacial score (nSPS) is 14.9. The van der Waals surface area contributed by atoms with E-state index in [1.165, 1.54) is 16.7 Å². The highest BCUT2D eigenvalue weighted by Crippen LogP contribution is 2.22. The highest BCUT2D eigenvalue weighted by Gasteiger charge is 2.11. The second-order valence-electron chi connectivity index (χ2n) is 6.94. The van der Waals surface area contributed by atoms with Gasteiger partial charge in [0.25, 0.3) is 0 Å². The van der Waals surface area contributed by atoms with Crippen molar-refractivity contribution >= 4 is 17.0 Å².